The molecule has 0 heterocycles. The quantitative estimate of drug-likeness (QED) is 0.620. The Morgan fingerprint density at radius 1 is 1.00 bits per heavy atom. The Morgan fingerprint density at radius 2 is 1.58 bits per heavy atom. The van der Waals surface area contributed by atoms with E-state index in [1.165, 1.54) is 25.7 Å². The van der Waals surface area contributed by atoms with Crippen molar-refractivity contribution in [3.63, 3.8) is 0 Å². The van der Waals surface area contributed by atoms with Crippen molar-refractivity contribution in [2.24, 2.45) is 17.1 Å². The molecule has 114 valence electrons. The second kappa shape index (κ2) is 9.70. The summed E-state index contributed by atoms with van der Waals surface area (Å²) < 4.78 is 15.9. The van der Waals surface area contributed by atoms with Gasteiger partial charge in [-0.05, 0) is 37.1 Å². The first-order chi connectivity index (χ1) is 9.22. The highest BCUT2D eigenvalue weighted by Crippen LogP contribution is 2.40. The van der Waals surface area contributed by atoms with E-state index in [0.29, 0.717) is 31.8 Å². The van der Waals surface area contributed by atoms with E-state index in [1.54, 1.807) is 7.11 Å². The van der Waals surface area contributed by atoms with Gasteiger partial charge in [-0.25, -0.2) is 0 Å². The van der Waals surface area contributed by atoms with E-state index in [4.69, 9.17) is 19.9 Å². The van der Waals surface area contributed by atoms with Crippen LogP contribution in [0.25, 0.3) is 0 Å². The van der Waals surface area contributed by atoms with E-state index < -0.39 is 0 Å². The molecule has 0 bridgehead atoms. The van der Waals surface area contributed by atoms with Crippen LogP contribution < -0.4 is 5.73 Å². The van der Waals surface area contributed by atoms with Crippen LogP contribution in [0.2, 0.25) is 0 Å². The summed E-state index contributed by atoms with van der Waals surface area (Å²) in [5.74, 6) is 0.870. The summed E-state index contributed by atoms with van der Waals surface area (Å²) in [5.41, 5.74) is 6.32. The largest absolute Gasteiger partial charge is 0.382 e. The highest BCUT2D eigenvalue weighted by molar-refractivity contribution is 4.85. The molecular formula is C15H31NO3. The molecule has 0 aromatic heterocycles. The number of ether oxygens (including phenoxy) is 3. The lowest BCUT2D eigenvalue weighted by Gasteiger charge is -2.38. The molecule has 1 aliphatic rings. The van der Waals surface area contributed by atoms with Crippen LogP contribution in [0.1, 0.15) is 39.0 Å². The topological polar surface area (TPSA) is 53.7 Å². The molecule has 0 aliphatic heterocycles. The van der Waals surface area contributed by atoms with Crippen molar-refractivity contribution >= 4 is 0 Å². The first-order valence-electron chi connectivity index (χ1n) is 7.57. The first-order valence-corrected chi connectivity index (χ1v) is 7.57. The summed E-state index contributed by atoms with van der Waals surface area (Å²) in [5, 5.41) is 0. The normalized spacial score (nSPS) is 27.6. The fourth-order valence-corrected chi connectivity index (χ4v) is 2.68. The van der Waals surface area contributed by atoms with Gasteiger partial charge in [-0.15, -0.1) is 0 Å². The SMILES string of the molecule is COCCOCCOCCC1(CN)CCC(C)CC1. The Kier molecular flexibility index (Phi) is 8.62. The Balaban J connectivity index is 2.03. The van der Waals surface area contributed by atoms with E-state index in [2.05, 4.69) is 6.92 Å². The van der Waals surface area contributed by atoms with E-state index >= 15 is 0 Å². The van der Waals surface area contributed by atoms with Crippen LogP contribution in [-0.4, -0.2) is 46.7 Å². The molecule has 0 unspecified atom stereocenters. The number of hydrogen-bond donors (Lipinski definition) is 1. The van der Waals surface area contributed by atoms with Crippen molar-refractivity contribution in [2.75, 3.05) is 46.7 Å². The molecule has 0 saturated heterocycles. The van der Waals surface area contributed by atoms with E-state index in [-0.39, 0.29) is 0 Å². The minimum absolute atomic E-state index is 0.337. The maximum absolute atomic E-state index is 5.99. The highest BCUT2D eigenvalue weighted by Gasteiger charge is 2.32. The summed E-state index contributed by atoms with van der Waals surface area (Å²) in [6.45, 7) is 6.55. The van der Waals surface area contributed by atoms with Crippen molar-refractivity contribution < 1.29 is 14.2 Å². The third-order valence-electron chi connectivity index (χ3n) is 4.35. The Labute approximate surface area is 118 Å². The molecule has 0 atom stereocenters. The fraction of sp³-hybridized carbons (Fsp3) is 1.00. The Bertz CT molecular complexity index is 215. The minimum Gasteiger partial charge on any atom is -0.382 e. The minimum atomic E-state index is 0.337. The van der Waals surface area contributed by atoms with Crippen molar-refractivity contribution in [3.05, 3.63) is 0 Å². The molecule has 0 spiro atoms. The molecule has 2 N–H and O–H groups in total. The molecule has 1 fully saturated rings. The van der Waals surface area contributed by atoms with Crippen LogP contribution in [-0.2, 0) is 14.2 Å². The standard InChI is InChI=1S/C15H31NO3/c1-14-3-5-15(13-16,6-4-14)7-8-18-11-12-19-10-9-17-2/h14H,3-13,16H2,1-2H3. The smallest absolute Gasteiger partial charge is 0.0701 e. The zero-order valence-electron chi connectivity index (χ0n) is 12.7. The lowest BCUT2D eigenvalue weighted by molar-refractivity contribution is 0.0120. The summed E-state index contributed by atoms with van der Waals surface area (Å²) >= 11 is 0. The van der Waals surface area contributed by atoms with Gasteiger partial charge in [0.25, 0.3) is 0 Å². The predicted molar refractivity (Wildman–Crippen MR) is 77.3 cm³/mol. The fourth-order valence-electron chi connectivity index (χ4n) is 2.68. The van der Waals surface area contributed by atoms with Gasteiger partial charge in [0.1, 0.15) is 0 Å². The molecule has 4 nitrogen and oxygen atoms in total. The van der Waals surface area contributed by atoms with Gasteiger partial charge < -0.3 is 19.9 Å². The van der Waals surface area contributed by atoms with Gasteiger partial charge in [0.15, 0.2) is 0 Å². The number of hydrogen-bond acceptors (Lipinski definition) is 4. The monoisotopic (exact) mass is 273 g/mol. The third kappa shape index (κ3) is 6.70. The average Bonchev–Trinajstić information content (AvgIpc) is 2.44. The molecule has 1 saturated carbocycles. The van der Waals surface area contributed by atoms with Gasteiger partial charge in [0.2, 0.25) is 0 Å². The zero-order chi connectivity index (χ0) is 14.0. The van der Waals surface area contributed by atoms with Crippen molar-refractivity contribution in [1.82, 2.24) is 0 Å². The van der Waals surface area contributed by atoms with Gasteiger partial charge in [0.05, 0.1) is 26.4 Å². The van der Waals surface area contributed by atoms with Gasteiger partial charge in [0, 0.05) is 13.7 Å². The number of nitrogens with two attached hydrogens (primary N) is 1. The van der Waals surface area contributed by atoms with Crippen molar-refractivity contribution in [1.29, 1.82) is 0 Å². The second-order valence-electron chi connectivity index (χ2n) is 5.85. The van der Waals surface area contributed by atoms with Gasteiger partial charge in [-0.1, -0.05) is 19.8 Å². The van der Waals surface area contributed by atoms with Crippen LogP contribution in [0.5, 0.6) is 0 Å². The Hall–Kier alpha value is -0.160. The van der Waals surface area contributed by atoms with Crippen LogP contribution in [0.4, 0.5) is 0 Å². The first kappa shape index (κ1) is 16.9. The molecule has 19 heavy (non-hydrogen) atoms. The maximum atomic E-state index is 5.99. The second-order valence-corrected chi connectivity index (χ2v) is 5.85. The summed E-state index contributed by atoms with van der Waals surface area (Å²) in [7, 11) is 1.68. The number of methoxy groups -OCH3 is 1. The van der Waals surface area contributed by atoms with Crippen LogP contribution in [0.3, 0.4) is 0 Å². The summed E-state index contributed by atoms with van der Waals surface area (Å²) in [6, 6.07) is 0. The van der Waals surface area contributed by atoms with Gasteiger partial charge >= 0.3 is 0 Å². The van der Waals surface area contributed by atoms with Crippen molar-refractivity contribution in [3.8, 4) is 0 Å². The molecule has 1 rings (SSSR count). The van der Waals surface area contributed by atoms with E-state index in [1.807, 2.05) is 0 Å². The molecule has 0 amide bonds. The highest BCUT2D eigenvalue weighted by atomic mass is 16.5. The van der Waals surface area contributed by atoms with E-state index in [9.17, 15) is 0 Å². The third-order valence-corrected chi connectivity index (χ3v) is 4.35. The zero-order valence-corrected chi connectivity index (χ0v) is 12.7. The van der Waals surface area contributed by atoms with Gasteiger partial charge in [-0.2, -0.15) is 0 Å². The summed E-state index contributed by atoms with van der Waals surface area (Å²) in [4.78, 5) is 0. The maximum Gasteiger partial charge on any atom is 0.0701 e. The number of rotatable bonds is 10. The van der Waals surface area contributed by atoms with Crippen LogP contribution >= 0.6 is 0 Å². The lowest BCUT2D eigenvalue weighted by Crippen LogP contribution is -2.35. The summed E-state index contributed by atoms with van der Waals surface area (Å²) in [6.07, 6.45) is 6.25. The van der Waals surface area contributed by atoms with Gasteiger partial charge in [-0.3, -0.25) is 0 Å². The van der Waals surface area contributed by atoms with Crippen molar-refractivity contribution in [2.45, 2.75) is 39.0 Å². The molecule has 0 aromatic carbocycles. The van der Waals surface area contributed by atoms with Crippen LogP contribution in [0.15, 0.2) is 0 Å². The Morgan fingerprint density at radius 3 is 2.16 bits per heavy atom. The molecular weight excluding hydrogens is 242 g/mol. The van der Waals surface area contributed by atoms with E-state index in [0.717, 1.165) is 25.5 Å². The molecule has 4 heteroatoms. The average molecular weight is 273 g/mol. The molecule has 0 aromatic rings. The molecule has 1 aliphatic carbocycles. The van der Waals surface area contributed by atoms with Crippen LogP contribution in [0, 0.1) is 11.3 Å². The predicted octanol–water partition coefficient (Wildman–Crippen LogP) is 2.21. The molecule has 0 radical (unpaired) electrons. The lowest BCUT2D eigenvalue weighted by atomic mass is 9.69.